The second-order valence-corrected chi connectivity index (χ2v) is 15.5. The number of hydrogen-bond donors (Lipinski definition) is 0. The van der Waals surface area contributed by atoms with Crippen molar-refractivity contribution in [2.45, 2.75) is 0 Å². The Balaban J connectivity index is 1.33. The zero-order chi connectivity index (χ0) is 37.0. The van der Waals surface area contributed by atoms with Crippen LogP contribution < -0.4 is 4.90 Å². The van der Waals surface area contributed by atoms with Gasteiger partial charge < -0.3 is 4.90 Å². The normalized spacial score (nSPS) is 11.6. The quantitative estimate of drug-likeness (QED) is 0.154. The summed E-state index contributed by atoms with van der Waals surface area (Å²) in [6.07, 6.45) is 0. The fourth-order valence-electron chi connectivity index (χ4n) is 8.62. The molecule has 0 aliphatic carbocycles. The molecule has 0 saturated heterocycles. The molecule has 0 aliphatic rings. The topological polar surface area (TPSA) is 3.24 Å². The first-order chi connectivity index (χ1) is 27.8. The van der Waals surface area contributed by atoms with Gasteiger partial charge in [-0.25, -0.2) is 0 Å². The highest BCUT2D eigenvalue weighted by Gasteiger charge is 2.26. The summed E-state index contributed by atoms with van der Waals surface area (Å²) in [5, 5.41) is 9.94. The molecule has 0 N–H and O–H groups in total. The van der Waals surface area contributed by atoms with E-state index >= 15 is 0 Å². The molecule has 262 valence electrons. The zero-order valence-electron chi connectivity index (χ0n) is 30.6. The Kier molecular flexibility index (Phi) is 7.75. The number of benzene rings is 10. The molecule has 10 aromatic carbocycles. The van der Waals surface area contributed by atoms with E-state index in [-0.39, 0.29) is 0 Å². The molecule has 0 radical (unpaired) electrons. The number of thiophene rings is 1. The Morgan fingerprint density at radius 1 is 0.321 bits per heavy atom. The van der Waals surface area contributed by atoms with Crippen LogP contribution in [0.15, 0.2) is 212 Å². The second-order valence-electron chi connectivity index (χ2n) is 14.5. The Morgan fingerprint density at radius 3 is 1.59 bits per heavy atom. The van der Waals surface area contributed by atoms with E-state index in [2.05, 4.69) is 217 Å². The minimum Gasteiger partial charge on any atom is -0.308 e. The highest BCUT2D eigenvalue weighted by Crippen LogP contribution is 2.53. The fraction of sp³-hybridized carbons (Fsp3) is 0. The molecule has 0 amide bonds. The van der Waals surface area contributed by atoms with Crippen molar-refractivity contribution < 1.29 is 0 Å². The van der Waals surface area contributed by atoms with Gasteiger partial charge in [0.05, 0.1) is 16.1 Å². The lowest BCUT2D eigenvalue weighted by atomic mass is 9.89. The Morgan fingerprint density at radius 2 is 0.875 bits per heavy atom. The summed E-state index contributed by atoms with van der Waals surface area (Å²) in [5.74, 6) is 0. The zero-order valence-corrected chi connectivity index (χ0v) is 31.4. The third-order valence-corrected chi connectivity index (χ3v) is 12.4. The lowest BCUT2D eigenvalue weighted by molar-refractivity contribution is 1.32. The minimum absolute atomic E-state index is 1.11. The van der Waals surface area contributed by atoms with Crippen molar-refractivity contribution in [1.29, 1.82) is 0 Å². The highest BCUT2D eigenvalue weighted by molar-refractivity contribution is 7.26. The summed E-state index contributed by atoms with van der Waals surface area (Å²) in [7, 11) is 0. The number of rotatable bonds is 6. The van der Waals surface area contributed by atoms with Crippen LogP contribution in [-0.2, 0) is 0 Å². The van der Waals surface area contributed by atoms with Gasteiger partial charge in [-0.2, -0.15) is 0 Å². The molecule has 11 rings (SSSR count). The first-order valence-electron chi connectivity index (χ1n) is 19.2. The predicted molar refractivity (Wildman–Crippen MR) is 243 cm³/mol. The minimum atomic E-state index is 1.11. The van der Waals surface area contributed by atoms with Crippen LogP contribution in [0.3, 0.4) is 0 Å². The Bertz CT molecular complexity index is 3190. The molecule has 1 heterocycles. The van der Waals surface area contributed by atoms with Crippen LogP contribution in [-0.4, -0.2) is 0 Å². The lowest BCUT2D eigenvalue weighted by Crippen LogP contribution is -2.13. The van der Waals surface area contributed by atoms with Gasteiger partial charge in [-0.3, -0.25) is 0 Å². The van der Waals surface area contributed by atoms with E-state index in [1.807, 2.05) is 11.3 Å². The monoisotopic (exact) mass is 729 g/mol. The van der Waals surface area contributed by atoms with Crippen LogP contribution in [0.2, 0.25) is 0 Å². The number of anilines is 3. The maximum absolute atomic E-state index is 2.58. The van der Waals surface area contributed by atoms with Crippen molar-refractivity contribution in [3.63, 3.8) is 0 Å². The van der Waals surface area contributed by atoms with Gasteiger partial charge in [0.1, 0.15) is 0 Å². The van der Waals surface area contributed by atoms with Crippen LogP contribution in [0, 0.1) is 0 Å². The van der Waals surface area contributed by atoms with Crippen LogP contribution in [0.4, 0.5) is 17.1 Å². The van der Waals surface area contributed by atoms with E-state index in [1.54, 1.807) is 0 Å². The third kappa shape index (κ3) is 5.38. The van der Waals surface area contributed by atoms with Crippen LogP contribution in [0.5, 0.6) is 0 Å². The largest absolute Gasteiger partial charge is 0.308 e. The Labute approximate surface area is 330 Å². The molecule has 0 spiro atoms. The van der Waals surface area contributed by atoms with E-state index in [1.165, 1.54) is 91.6 Å². The molecule has 2 heteroatoms. The third-order valence-electron chi connectivity index (χ3n) is 11.2. The molecular weight excluding hydrogens is 695 g/mol. The summed E-state index contributed by atoms with van der Waals surface area (Å²) in [6, 6.07) is 78.0. The summed E-state index contributed by atoms with van der Waals surface area (Å²) in [6.45, 7) is 0. The van der Waals surface area contributed by atoms with E-state index in [4.69, 9.17) is 0 Å². The maximum Gasteiger partial charge on any atom is 0.0640 e. The van der Waals surface area contributed by atoms with Crippen molar-refractivity contribution in [1.82, 2.24) is 0 Å². The number of hydrogen-bond acceptors (Lipinski definition) is 2. The van der Waals surface area contributed by atoms with Gasteiger partial charge in [-0.05, 0) is 91.1 Å². The summed E-state index contributed by atoms with van der Waals surface area (Å²) in [4.78, 5) is 2.58. The van der Waals surface area contributed by atoms with Crippen molar-refractivity contribution >= 4 is 80.9 Å². The van der Waals surface area contributed by atoms with Gasteiger partial charge in [-0.15, -0.1) is 11.3 Å². The predicted octanol–water partition coefficient (Wildman–Crippen LogP) is 16.0. The molecule has 0 unspecified atom stereocenters. The van der Waals surface area contributed by atoms with E-state index in [0.29, 0.717) is 0 Å². The standard InChI is InChI=1S/C54H35NS/c1-3-16-36(17-4-1)41-33-42(37-18-5-2-6-19-37)35-43(34-41)55(50-28-15-27-49-46-24-13-14-29-51(46)56-54(49)50)53-48-26-12-10-23-45(48)44-22-9-11-25-47(44)52(53)40-31-30-38-20-7-8-21-39(38)32-40/h1-35H. The molecule has 0 aliphatic heterocycles. The van der Waals surface area contributed by atoms with Crippen LogP contribution in [0.25, 0.3) is 85.9 Å². The molecule has 0 saturated carbocycles. The molecule has 11 aromatic rings. The second kappa shape index (κ2) is 13.4. The van der Waals surface area contributed by atoms with E-state index in [0.717, 1.165) is 11.4 Å². The summed E-state index contributed by atoms with van der Waals surface area (Å²) in [5.41, 5.74) is 10.6. The molecule has 1 aromatic heterocycles. The maximum atomic E-state index is 2.58. The van der Waals surface area contributed by atoms with Crippen LogP contribution in [0.1, 0.15) is 0 Å². The van der Waals surface area contributed by atoms with E-state index < -0.39 is 0 Å². The molecule has 0 bridgehead atoms. The van der Waals surface area contributed by atoms with Crippen molar-refractivity contribution in [3.8, 4) is 33.4 Å². The van der Waals surface area contributed by atoms with Crippen molar-refractivity contribution in [2.24, 2.45) is 0 Å². The number of fused-ring (bicyclic) bond motifs is 7. The molecule has 56 heavy (non-hydrogen) atoms. The first kappa shape index (κ1) is 32.4. The highest BCUT2D eigenvalue weighted by atomic mass is 32.1. The van der Waals surface area contributed by atoms with Gasteiger partial charge >= 0.3 is 0 Å². The number of nitrogens with zero attached hydrogens (tertiary/aromatic N) is 1. The SMILES string of the molecule is c1ccc(-c2cc(-c3ccccc3)cc(N(c3c(-c4ccc5ccccc5c4)c4ccccc4c4ccccc34)c3cccc4c3sc3ccccc34)c2)cc1. The molecular formula is C54H35NS. The average Bonchev–Trinajstić information content (AvgIpc) is 3.66. The van der Waals surface area contributed by atoms with Gasteiger partial charge in [0, 0.05) is 32.1 Å². The summed E-state index contributed by atoms with van der Waals surface area (Å²) < 4.78 is 2.55. The average molecular weight is 730 g/mol. The molecule has 0 atom stereocenters. The van der Waals surface area contributed by atoms with E-state index in [9.17, 15) is 0 Å². The van der Waals surface area contributed by atoms with Gasteiger partial charge in [0.15, 0.2) is 0 Å². The summed E-state index contributed by atoms with van der Waals surface area (Å²) >= 11 is 1.88. The van der Waals surface area contributed by atoms with Gasteiger partial charge in [0.2, 0.25) is 0 Å². The lowest BCUT2D eigenvalue weighted by Gasteiger charge is -2.32. The van der Waals surface area contributed by atoms with Gasteiger partial charge in [-0.1, -0.05) is 176 Å². The van der Waals surface area contributed by atoms with Crippen LogP contribution >= 0.6 is 11.3 Å². The Hall–Kier alpha value is -7.00. The fourth-order valence-corrected chi connectivity index (χ4v) is 9.83. The first-order valence-corrected chi connectivity index (χ1v) is 20.0. The van der Waals surface area contributed by atoms with Crippen molar-refractivity contribution in [3.05, 3.63) is 212 Å². The molecule has 0 fully saturated rings. The molecule has 1 nitrogen and oxygen atoms in total. The smallest absolute Gasteiger partial charge is 0.0640 e. The van der Waals surface area contributed by atoms with Crippen molar-refractivity contribution in [2.75, 3.05) is 4.90 Å². The van der Waals surface area contributed by atoms with Gasteiger partial charge in [0.25, 0.3) is 0 Å².